The van der Waals surface area contributed by atoms with Crippen LogP contribution in [0.1, 0.15) is 13.3 Å². The van der Waals surface area contributed by atoms with Gasteiger partial charge in [0.1, 0.15) is 6.04 Å². The van der Waals surface area contributed by atoms with Crippen LogP contribution in [0.4, 0.5) is 0 Å². The van der Waals surface area contributed by atoms with Gasteiger partial charge in [0.2, 0.25) is 17.7 Å². The molecule has 1 aliphatic rings. The molecule has 8 heteroatoms. The summed E-state index contributed by atoms with van der Waals surface area (Å²) in [7, 11) is 1.37. The lowest BCUT2D eigenvalue weighted by Crippen LogP contribution is -2.50. The number of amides is 3. The van der Waals surface area contributed by atoms with Crippen LogP contribution in [0.15, 0.2) is 0 Å². The number of carboxylic acid groups (broad SMARTS) is 1. The number of hydrogen-bond acceptors (Lipinski definition) is 5. The third-order valence-electron chi connectivity index (χ3n) is 2.63. The maximum atomic E-state index is 11.5. The molecule has 0 saturated carbocycles. The van der Waals surface area contributed by atoms with Crippen molar-refractivity contribution in [2.45, 2.75) is 25.4 Å². The minimum atomic E-state index is -1.21. The Morgan fingerprint density at radius 2 is 2.11 bits per heavy atom. The van der Waals surface area contributed by atoms with E-state index in [1.165, 1.54) is 14.0 Å². The summed E-state index contributed by atoms with van der Waals surface area (Å²) in [6.07, 6.45) is 0.00173. The van der Waals surface area contributed by atoms with Crippen molar-refractivity contribution in [2.24, 2.45) is 0 Å². The molecule has 8 nitrogen and oxygen atoms in total. The number of carbonyl (C=O) groups excluding carboxylic acids is 3. The molecular formula is C10H15N3O5. The third kappa shape index (κ3) is 3.27. The predicted octanol–water partition coefficient (Wildman–Crippen LogP) is -2.08. The van der Waals surface area contributed by atoms with Crippen molar-refractivity contribution in [1.29, 1.82) is 0 Å². The highest BCUT2D eigenvalue weighted by atomic mass is 16.4. The highest BCUT2D eigenvalue weighted by Gasteiger charge is 2.36. The van der Waals surface area contributed by atoms with Crippen LogP contribution in [0, 0.1) is 0 Å². The Balaban J connectivity index is 2.53. The number of rotatable bonds is 5. The van der Waals surface area contributed by atoms with Crippen molar-refractivity contribution in [1.82, 2.24) is 15.5 Å². The van der Waals surface area contributed by atoms with Gasteiger partial charge in [0.15, 0.2) is 0 Å². The first-order chi connectivity index (χ1) is 8.32. The van der Waals surface area contributed by atoms with Gasteiger partial charge in [-0.1, -0.05) is 0 Å². The normalized spacial score (nSPS) is 21.0. The summed E-state index contributed by atoms with van der Waals surface area (Å²) in [5, 5.41) is 13.8. The van der Waals surface area contributed by atoms with Crippen molar-refractivity contribution < 1.29 is 24.3 Å². The first-order valence-corrected chi connectivity index (χ1v) is 5.36. The number of hydrogen-bond donors (Lipinski definition) is 3. The van der Waals surface area contributed by atoms with E-state index in [9.17, 15) is 19.2 Å². The van der Waals surface area contributed by atoms with Gasteiger partial charge in [-0.15, -0.1) is 0 Å². The van der Waals surface area contributed by atoms with Gasteiger partial charge in [0.05, 0.1) is 12.5 Å². The minimum Gasteiger partial charge on any atom is -0.480 e. The van der Waals surface area contributed by atoms with E-state index in [-0.39, 0.29) is 18.9 Å². The molecule has 0 spiro atoms. The Hall–Kier alpha value is -1.96. The van der Waals surface area contributed by atoms with Crippen LogP contribution in [-0.4, -0.2) is 59.4 Å². The van der Waals surface area contributed by atoms with Gasteiger partial charge in [-0.2, -0.15) is 0 Å². The van der Waals surface area contributed by atoms with Crippen molar-refractivity contribution in [3.8, 4) is 0 Å². The molecule has 2 unspecified atom stereocenters. The number of likely N-dealkylation sites (N-methyl/N-ethyl adjacent to an activating group) is 1. The number of carbonyl (C=O) groups is 4. The molecule has 1 aliphatic heterocycles. The lowest BCUT2D eigenvalue weighted by atomic mass is 10.2. The summed E-state index contributed by atoms with van der Waals surface area (Å²) in [5.41, 5.74) is 0. The summed E-state index contributed by atoms with van der Waals surface area (Å²) in [4.78, 5) is 45.4. The van der Waals surface area contributed by atoms with Gasteiger partial charge < -0.3 is 15.7 Å². The van der Waals surface area contributed by atoms with E-state index in [2.05, 4.69) is 10.6 Å². The van der Waals surface area contributed by atoms with Crippen molar-refractivity contribution in [3.05, 3.63) is 0 Å². The second-order valence-electron chi connectivity index (χ2n) is 4.05. The maximum Gasteiger partial charge on any atom is 0.327 e. The number of carboxylic acids is 1. The fraction of sp³-hybridized carbons (Fsp3) is 0.600. The molecule has 3 amide bonds. The number of likely N-dealkylation sites (tertiary alicyclic amines) is 1. The Kier molecular flexibility index (Phi) is 4.38. The van der Waals surface area contributed by atoms with E-state index in [4.69, 9.17) is 5.11 Å². The van der Waals surface area contributed by atoms with Crippen molar-refractivity contribution in [2.75, 3.05) is 13.6 Å². The molecule has 1 rings (SSSR count). The summed E-state index contributed by atoms with van der Waals surface area (Å²) >= 11 is 0. The van der Waals surface area contributed by atoms with Gasteiger partial charge >= 0.3 is 5.97 Å². The second-order valence-corrected chi connectivity index (χ2v) is 4.05. The number of aliphatic carboxylic acids is 1. The molecule has 0 aliphatic carbocycles. The van der Waals surface area contributed by atoms with E-state index in [0.29, 0.717) is 0 Å². The fourth-order valence-electron chi connectivity index (χ4n) is 1.62. The van der Waals surface area contributed by atoms with Crippen molar-refractivity contribution >= 4 is 23.7 Å². The molecule has 2 atom stereocenters. The van der Waals surface area contributed by atoms with E-state index < -0.39 is 29.9 Å². The Bertz CT molecular complexity index is 391. The highest BCUT2D eigenvalue weighted by molar-refractivity contribution is 6.05. The Morgan fingerprint density at radius 3 is 2.50 bits per heavy atom. The van der Waals surface area contributed by atoms with E-state index in [0.717, 1.165) is 4.90 Å². The van der Waals surface area contributed by atoms with E-state index in [1.807, 2.05) is 0 Å². The highest BCUT2D eigenvalue weighted by Crippen LogP contribution is 2.10. The minimum absolute atomic E-state index is 0.00173. The first kappa shape index (κ1) is 14.1. The van der Waals surface area contributed by atoms with Gasteiger partial charge in [0, 0.05) is 20.5 Å². The van der Waals surface area contributed by atoms with E-state index in [1.54, 1.807) is 0 Å². The topological polar surface area (TPSA) is 116 Å². The van der Waals surface area contributed by atoms with Gasteiger partial charge in [-0.25, -0.2) is 4.79 Å². The molecule has 3 N–H and O–H groups in total. The zero-order valence-electron chi connectivity index (χ0n) is 10.1. The maximum absolute atomic E-state index is 11.5. The van der Waals surface area contributed by atoms with Gasteiger partial charge in [0.25, 0.3) is 0 Å². The summed E-state index contributed by atoms with van der Waals surface area (Å²) in [5.74, 6) is -2.39. The van der Waals surface area contributed by atoms with E-state index >= 15 is 0 Å². The van der Waals surface area contributed by atoms with Crippen LogP contribution in [0.5, 0.6) is 0 Å². The van der Waals surface area contributed by atoms with Crippen LogP contribution < -0.4 is 10.6 Å². The molecule has 18 heavy (non-hydrogen) atoms. The lowest BCUT2D eigenvalue weighted by molar-refractivity contribution is -0.142. The summed E-state index contributed by atoms with van der Waals surface area (Å²) in [6.45, 7) is 1.08. The SMILES string of the molecule is CC(=O)NC(CNC1CC(=O)N(C)C1=O)C(=O)O. The average Bonchev–Trinajstić information content (AvgIpc) is 2.51. The zero-order valence-corrected chi connectivity index (χ0v) is 10.1. The molecule has 0 aromatic heterocycles. The predicted molar refractivity (Wildman–Crippen MR) is 59.4 cm³/mol. The zero-order chi connectivity index (χ0) is 13.9. The number of imide groups is 1. The molecule has 0 radical (unpaired) electrons. The molecule has 1 fully saturated rings. The van der Waals surface area contributed by atoms with Gasteiger partial charge in [-0.05, 0) is 0 Å². The standard InChI is InChI=1S/C10H15N3O5/c1-5(14)12-7(10(17)18)4-11-6-3-8(15)13(2)9(6)16/h6-7,11H,3-4H2,1-2H3,(H,12,14)(H,17,18). The molecule has 100 valence electrons. The fourth-order valence-corrected chi connectivity index (χ4v) is 1.62. The first-order valence-electron chi connectivity index (χ1n) is 5.36. The number of nitrogens with zero attached hydrogens (tertiary/aromatic N) is 1. The van der Waals surface area contributed by atoms with Crippen LogP contribution >= 0.6 is 0 Å². The smallest absolute Gasteiger partial charge is 0.327 e. The Morgan fingerprint density at radius 1 is 1.50 bits per heavy atom. The Labute approximate surface area is 103 Å². The molecular weight excluding hydrogens is 242 g/mol. The quantitative estimate of drug-likeness (QED) is 0.487. The van der Waals surface area contributed by atoms with Crippen LogP contribution in [-0.2, 0) is 19.2 Å². The summed E-state index contributed by atoms with van der Waals surface area (Å²) < 4.78 is 0. The summed E-state index contributed by atoms with van der Waals surface area (Å²) in [6, 6.07) is -1.85. The molecule has 0 aromatic carbocycles. The lowest BCUT2D eigenvalue weighted by Gasteiger charge is -2.16. The number of nitrogens with one attached hydrogen (secondary N) is 2. The molecule has 1 saturated heterocycles. The molecule has 0 aromatic rings. The van der Waals surface area contributed by atoms with Crippen LogP contribution in [0.3, 0.4) is 0 Å². The van der Waals surface area contributed by atoms with Crippen LogP contribution in [0.2, 0.25) is 0 Å². The van der Waals surface area contributed by atoms with Gasteiger partial charge in [-0.3, -0.25) is 19.3 Å². The van der Waals surface area contributed by atoms with Crippen LogP contribution in [0.25, 0.3) is 0 Å². The molecule has 1 heterocycles. The van der Waals surface area contributed by atoms with Crippen molar-refractivity contribution in [3.63, 3.8) is 0 Å². The average molecular weight is 257 g/mol. The second kappa shape index (κ2) is 5.58. The molecule has 0 bridgehead atoms. The third-order valence-corrected chi connectivity index (χ3v) is 2.63. The monoisotopic (exact) mass is 257 g/mol. The largest absolute Gasteiger partial charge is 0.480 e.